The van der Waals surface area contributed by atoms with Gasteiger partial charge in [0.05, 0.1) is 49.2 Å². The number of hydrogen-bond donors (Lipinski definition) is 4. The summed E-state index contributed by atoms with van der Waals surface area (Å²) in [5.41, 5.74) is 6.97. The van der Waals surface area contributed by atoms with Crippen LogP contribution in [0.2, 0.25) is 0 Å². The van der Waals surface area contributed by atoms with Crippen molar-refractivity contribution < 1.29 is 28.7 Å². The number of ether oxygens (including phenoxy) is 2. The maximum atomic E-state index is 14.1. The number of aromatic nitrogens is 4. The third-order valence-electron chi connectivity index (χ3n) is 12.0. The predicted octanol–water partition coefficient (Wildman–Crippen LogP) is 8.29. The lowest BCUT2D eigenvalue weighted by Gasteiger charge is -2.28. The molecule has 0 unspecified atom stereocenters. The number of imidazole rings is 2. The summed E-state index contributed by atoms with van der Waals surface area (Å²) in [7, 11) is 2.56. The second kappa shape index (κ2) is 17.2. The van der Waals surface area contributed by atoms with E-state index in [0.717, 1.165) is 69.9 Å². The van der Waals surface area contributed by atoms with Gasteiger partial charge >= 0.3 is 12.2 Å². The van der Waals surface area contributed by atoms with Gasteiger partial charge < -0.3 is 39.9 Å². The van der Waals surface area contributed by atoms with Crippen molar-refractivity contribution in [3.05, 3.63) is 144 Å². The largest absolute Gasteiger partial charge is 0.453 e. The van der Waals surface area contributed by atoms with E-state index in [1.165, 1.54) is 14.2 Å². The van der Waals surface area contributed by atoms with E-state index < -0.39 is 24.3 Å². The molecule has 2 aliphatic heterocycles. The minimum Gasteiger partial charge on any atom is -0.453 e. The van der Waals surface area contributed by atoms with Crippen LogP contribution in [0.25, 0.3) is 44.2 Å². The third-order valence-corrected chi connectivity index (χ3v) is 12.0. The molecule has 14 nitrogen and oxygen atoms in total. The molecule has 62 heavy (non-hydrogen) atoms. The number of hydrogen-bond acceptors (Lipinski definition) is 8. The van der Waals surface area contributed by atoms with Crippen LogP contribution in [0, 0.1) is 0 Å². The van der Waals surface area contributed by atoms with Gasteiger partial charge in [-0.2, -0.15) is 0 Å². The molecule has 0 saturated carbocycles. The number of likely N-dealkylation sites (tertiary alicyclic amines) is 2. The molecule has 9 rings (SSSR count). The first-order valence-electron chi connectivity index (χ1n) is 20.8. The van der Waals surface area contributed by atoms with Crippen molar-refractivity contribution in [3.8, 4) is 22.4 Å². The molecule has 14 heteroatoms. The number of methoxy groups -OCH3 is 2. The summed E-state index contributed by atoms with van der Waals surface area (Å²) in [5.74, 6) is 0.978. The molecule has 2 aliphatic rings. The Labute approximate surface area is 357 Å². The van der Waals surface area contributed by atoms with E-state index >= 15 is 0 Å². The van der Waals surface area contributed by atoms with E-state index in [2.05, 4.69) is 69.1 Å². The van der Waals surface area contributed by atoms with E-state index in [1.807, 2.05) is 66.7 Å². The fourth-order valence-corrected chi connectivity index (χ4v) is 8.84. The topological polar surface area (TPSA) is 175 Å². The van der Waals surface area contributed by atoms with Crippen LogP contribution in [0.1, 0.15) is 72.6 Å². The lowest BCUT2D eigenvalue weighted by molar-refractivity contribution is -0.135. The van der Waals surface area contributed by atoms with Crippen LogP contribution in [-0.4, -0.2) is 81.0 Å². The highest BCUT2D eigenvalue weighted by Gasteiger charge is 2.38. The van der Waals surface area contributed by atoms with Crippen LogP contribution in [0.5, 0.6) is 0 Å². The highest BCUT2D eigenvalue weighted by Crippen LogP contribution is 2.37. The van der Waals surface area contributed by atoms with Crippen LogP contribution >= 0.6 is 0 Å². The molecular weight excluding hydrogens is 785 g/mol. The maximum absolute atomic E-state index is 14.1. The van der Waals surface area contributed by atoms with E-state index in [-0.39, 0.29) is 23.9 Å². The number of H-pyrrole nitrogens is 2. The van der Waals surface area contributed by atoms with Gasteiger partial charge in [0.2, 0.25) is 0 Å². The summed E-state index contributed by atoms with van der Waals surface area (Å²) in [4.78, 5) is 72.9. The van der Waals surface area contributed by atoms with Crippen LogP contribution < -0.4 is 10.6 Å². The molecule has 7 aromatic rings. The van der Waals surface area contributed by atoms with Crippen LogP contribution in [0.3, 0.4) is 0 Å². The lowest BCUT2D eigenvalue weighted by Crippen LogP contribution is -2.42. The van der Waals surface area contributed by atoms with Crippen LogP contribution in [0.15, 0.2) is 121 Å². The van der Waals surface area contributed by atoms with Crippen LogP contribution in [-0.2, 0) is 19.1 Å². The lowest BCUT2D eigenvalue weighted by atomic mass is 9.99. The van der Waals surface area contributed by atoms with Gasteiger partial charge in [-0.05, 0) is 71.0 Å². The van der Waals surface area contributed by atoms with Gasteiger partial charge in [0.15, 0.2) is 0 Å². The van der Waals surface area contributed by atoms with Gasteiger partial charge in [0, 0.05) is 18.5 Å². The summed E-state index contributed by atoms with van der Waals surface area (Å²) in [6, 6.07) is 34.8. The Hall–Kier alpha value is -7.48. The average molecular weight is 831 g/mol. The van der Waals surface area contributed by atoms with Gasteiger partial charge in [-0.25, -0.2) is 19.6 Å². The van der Waals surface area contributed by atoms with E-state index in [4.69, 9.17) is 19.4 Å². The molecule has 0 spiro atoms. The number of aromatic amines is 2. The van der Waals surface area contributed by atoms with E-state index in [0.29, 0.717) is 35.9 Å². The molecule has 2 saturated heterocycles. The first-order chi connectivity index (χ1) is 30.3. The molecule has 0 aliphatic carbocycles. The second-order valence-corrected chi connectivity index (χ2v) is 15.6. The monoisotopic (exact) mass is 830 g/mol. The number of fused-ring (bicyclic) bond motifs is 3. The van der Waals surface area contributed by atoms with Gasteiger partial charge in [-0.1, -0.05) is 103 Å². The average Bonchev–Trinajstić information content (AvgIpc) is 4.17. The minimum atomic E-state index is -0.892. The van der Waals surface area contributed by atoms with E-state index in [9.17, 15) is 19.2 Å². The first kappa shape index (κ1) is 40.0. The molecule has 4 heterocycles. The van der Waals surface area contributed by atoms with E-state index in [1.54, 1.807) is 16.0 Å². The molecule has 2 fully saturated rings. The number of carbonyl (C=O) groups excluding carboxylic acids is 4. The van der Waals surface area contributed by atoms with Gasteiger partial charge in [0.25, 0.3) is 11.8 Å². The summed E-state index contributed by atoms with van der Waals surface area (Å²) in [6.07, 6.45) is 3.57. The summed E-state index contributed by atoms with van der Waals surface area (Å²) < 4.78 is 9.69. The molecule has 2 aromatic heterocycles. The fraction of sp³-hybridized carbons (Fsp3) is 0.250. The Balaban J connectivity index is 0.915. The smallest absolute Gasteiger partial charge is 0.407 e. The predicted molar refractivity (Wildman–Crippen MR) is 233 cm³/mol. The van der Waals surface area contributed by atoms with Crippen molar-refractivity contribution in [1.29, 1.82) is 0 Å². The number of amides is 4. The quantitative estimate of drug-likeness (QED) is 0.107. The Morgan fingerprint density at radius 3 is 1.77 bits per heavy atom. The zero-order valence-corrected chi connectivity index (χ0v) is 34.3. The number of alkyl carbamates (subject to hydrolysis) is 2. The summed E-state index contributed by atoms with van der Waals surface area (Å²) in [5, 5.41) is 7.51. The normalized spacial score (nSPS) is 17.2. The standard InChI is InChI=1S/C48H46N8O6/c1-61-47(59)53-40(31-11-5-3-6-12-31)45(57)55-25-9-15-38(55)43-49-28-37(51-43)30-19-17-29(18-20-30)33-21-23-35-34(27-33)22-24-36-42(35)52-44(50-36)39-16-10-26-56(39)46(58)41(54-48(60)62-2)32-13-7-4-8-14-32/h3-8,11-14,17-24,27-28,38-41H,9-10,15-16,25-26H2,1-2H3,(H,49,51)(H,50,52)(H,53,59)(H,54,60)/t38-,39-,40+,41+/m0/s1. The minimum absolute atomic E-state index is 0.214. The van der Waals surface area contributed by atoms with Gasteiger partial charge in [-0.3, -0.25) is 9.59 Å². The molecular formula is C48H46N8O6. The molecule has 0 bridgehead atoms. The third kappa shape index (κ3) is 7.82. The number of rotatable bonds is 10. The van der Waals surface area contributed by atoms with Crippen molar-refractivity contribution in [2.45, 2.75) is 49.9 Å². The highest BCUT2D eigenvalue weighted by atomic mass is 16.5. The van der Waals surface area contributed by atoms with Gasteiger partial charge in [0.1, 0.15) is 23.7 Å². The van der Waals surface area contributed by atoms with Crippen molar-refractivity contribution in [3.63, 3.8) is 0 Å². The fourth-order valence-electron chi connectivity index (χ4n) is 8.84. The molecule has 4 amide bonds. The van der Waals surface area contributed by atoms with Crippen molar-refractivity contribution in [2.24, 2.45) is 0 Å². The second-order valence-electron chi connectivity index (χ2n) is 15.6. The number of carbonyl (C=O) groups is 4. The summed E-state index contributed by atoms with van der Waals surface area (Å²) >= 11 is 0. The molecule has 0 radical (unpaired) electrons. The molecule has 314 valence electrons. The van der Waals surface area contributed by atoms with Gasteiger partial charge in [-0.15, -0.1) is 0 Å². The zero-order chi connectivity index (χ0) is 42.7. The first-order valence-corrected chi connectivity index (χ1v) is 20.8. The molecule has 4 atom stereocenters. The van der Waals surface area contributed by atoms with Crippen molar-refractivity contribution in [1.82, 2.24) is 40.4 Å². The number of nitrogens with zero attached hydrogens (tertiary/aromatic N) is 4. The zero-order valence-electron chi connectivity index (χ0n) is 34.3. The molecule has 5 aromatic carbocycles. The Kier molecular flexibility index (Phi) is 11.1. The Morgan fingerprint density at radius 1 is 0.645 bits per heavy atom. The Morgan fingerprint density at radius 2 is 1.19 bits per heavy atom. The SMILES string of the molecule is COC(=O)N[C@@H](C(=O)N1CCC[C@H]1c1ncc(-c2ccc(-c3ccc4c(ccc5nc([C@@H]6CCCN6C(=O)[C@H](NC(=O)OC)c6ccccc6)[nH]c54)c3)cc2)[nH]1)c1ccccc1. The van der Waals surface area contributed by atoms with Crippen LogP contribution in [0.4, 0.5) is 9.59 Å². The molecule has 4 N–H and O–H groups in total. The van der Waals surface area contributed by atoms with Crippen molar-refractivity contribution in [2.75, 3.05) is 27.3 Å². The van der Waals surface area contributed by atoms with Crippen molar-refractivity contribution >= 4 is 45.8 Å². The summed E-state index contributed by atoms with van der Waals surface area (Å²) in [6.45, 7) is 1.09. The highest BCUT2D eigenvalue weighted by molar-refractivity contribution is 6.05. The Bertz CT molecular complexity index is 2750. The number of benzene rings is 5. The number of nitrogens with one attached hydrogen (secondary N) is 4. The maximum Gasteiger partial charge on any atom is 0.407 e.